The van der Waals surface area contributed by atoms with E-state index < -0.39 is 0 Å². The lowest BCUT2D eigenvalue weighted by Gasteiger charge is -2.03. The lowest BCUT2D eigenvalue weighted by atomic mass is 10.2. The van der Waals surface area contributed by atoms with Crippen molar-refractivity contribution in [1.29, 1.82) is 0 Å². The van der Waals surface area contributed by atoms with Gasteiger partial charge in [-0.2, -0.15) is 14.9 Å². The fourth-order valence-electron chi connectivity index (χ4n) is 2.11. The Hall–Kier alpha value is -2.93. The summed E-state index contributed by atoms with van der Waals surface area (Å²) < 4.78 is 12.5. The van der Waals surface area contributed by atoms with Gasteiger partial charge in [-0.3, -0.25) is 0 Å². The Kier molecular flexibility index (Phi) is 4.72. The van der Waals surface area contributed by atoms with Gasteiger partial charge in [0, 0.05) is 5.56 Å². The summed E-state index contributed by atoms with van der Waals surface area (Å²) in [6.45, 7) is 1.93. The van der Waals surface area contributed by atoms with Crippen molar-refractivity contribution in [3.8, 4) is 17.1 Å². The minimum absolute atomic E-state index is 0.419. The van der Waals surface area contributed by atoms with Gasteiger partial charge in [0.05, 0.1) is 19.6 Å². The molecule has 7 heteroatoms. The number of hydrogen-bond donors (Lipinski definition) is 1. The van der Waals surface area contributed by atoms with Crippen LogP contribution in [0.3, 0.4) is 0 Å². The molecule has 0 saturated carbocycles. The average Bonchev–Trinajstić information content (AvgIpc) is 3.23. The van der Waals surface area contributed by atoms with Crippen LogP contribution in [0, 0.1) is 4.77 Å². The number of nitrogens with one attached hydrogen (secondary N) is 1. The zero-order valence-electron chi connectivity index (χ0n) is 13.3. The lowest BCUT2D eigenvalue weighted by Crippen LogP contribution is -1.95. The van der Waals surface area contributed by atoms with Gasteiger partial charge in [0.15, 0.2) is 5.82 Å². The van der Waals surface area contributed by atoms with Crippen LogP contribution in [0.15, 0.2) is 57.8 Å². The van der Waals surface area contributed by atoms with Crippen molar-refractivity contribution in [3.05, 3.63) is 58.8 Å². The number of allylic oxidation sites excluding steroid dienone is 1. The van der Waals surface area contributed by atoms with Gasteiger partial charge in [0.1, 0.15) is 11.5 Å². The summed E-state index contributed by atoms with van der Waals surface area (Å²) in [6, 6.07) is 11.3. The minimum atomic E-state index is 0.419. The van der Waals surface area contributed by atoms with E-state index >= 15 is 0 Å². The molecule has 0 bridgehead atoms. The van der Waals surface area contributed by atoms with Gasteiger partial charge < -0.3 is 9.15 Å². The average molecular weight is 340 g/mol. The van der Waals surface area contributed by atoms with Gasteiger partial charge in [-0.1, -0.05) is 0 Å². The quantitative estimate of drug-likeness (QED) is 0.560. The molecular weight excluding hydrogens is 324 g/mol. The zero-order chi connectivity index (χ0) is 16.9. The van der Waals surface area contributed by atoms with Crippen LogP contribution in [0.4, 0.5) is 0 Å². The largest absolute Gasteiger partial charge is 0.497 e. The summed E-state index contributed by atoms with van der Waals surface area (Å²) in [5, 5.41) is 11.4. The number of furan rings is 1. The van der Waals surface area contributed by atoms with E-state index in [-0.39, 0.29) is 0 Å². The molecule has 24 heavy (non-hydrogen) atoms. The van der Waals surface area contributed by atoms with E-state index in [1.165, 1.54) is 0 Å². The van der Waals surface area contributed by atoms with Crippen LogP contribution in [-0.2, 0) is 0 Å². The van der Waals surface area contributed by atoms with Gasteiger partial charge in [0.25, 0.3) is 0 Å². The Morgan fingerprint density at radius 2 is 2.12 bits per heavy atom. The van der Waals surface area contributed by atoms with Gasteiger partial charge in [0.2, 0.25) is 4.77 Å². The molecule has 0 radical (unpaired) electrons. The molecule has 6 nitrogen and oxygen atoms in total. The number of aromatic nitrogens is 3. The van der Waals surface area contributed by atoms with E-state index in [2.05, 4.69) is 15.3 Å². The molecule has 2 aromatic heterocycles. The Labute approximate surface area is 144 Å². The van der Waals surface area contributed by atoms with Crippen molar-refractivity contribution < 1.29 is 9.15 Å². The van der Waals surface area contributed by atoms with Gasteiger partial charge in [-0.25, -0.2) is 5.10 Å². The van der Waals surface area contributed by atoms with Gasteiger partial charge in [-0.05, 0) is 67.2 Å². The van der Waals surface area contributed by atoms with Crippen molar-refractivity contribution in [3.63, 3.8) is 0 Å². The minimum Gasteiger partial charge on any atom is -0.497 e. The molecule has 0 unspecified atom stereocenters. The van der Waals surface area contributed by atoms with Crippen LogP contribution in [0.2, 0.25) is 0 Å². The summed E-state index contributed by atoms with van der Waals surface area (Å²) in [5.74, 6) is 2.18. The number of methoxy groups -OCH3 is 1. The highest BCUT2D eigenvalue weighted by molar-refractivity contribution is 7.71. The molecule has 0 saturated heterocycles. The second kappa shape index (κ2) is 7.10. The SMILES string of the molecule is COc1ccc(-c2n[nH]c(=S)n2/N=C/C(C)=C/c2ccco2)cc1. The molecule has 2 heterocycles. The third kappa shape index (κ3) is 3.52. The molecular formula is C17H16N4O2S. The van der Waals surface area contributed by atoms with Crippen LogP contribution < -0.4 is 4.74 Å². The third-order valence-corrected chi connectivity index (χ3v) is 3.55. The first kappa shape index (κ1) is 15.9. The van der Waals surface area contributed by atoms with Crippen LogP contribution in [0.1, 0.15) is 12.7 Å². The van der Waals surface area contributed by atoms with Crippen LogP contribution >= 0.6 is 12.2 Å². The number of nitrogens with zero attached hydrogens (tertiary/aromatic N) is 3. The molecule has 122 valence electrons. The normalized spacial score (nSPS) is 12.0. The molecule has 0 spiro atoms. The van der Waals surface area contributed by atoms with Crippen LogP contribution in [0.25, 0.3) is 17.5 Å². The molecule has 3 aromatic rings. The maximum Gasteiger partial charge on any atom is 0.216 e. The second-order valence-corrected chi connectivity index (χ2v) is 5.43. The number of H-pyrrole nitrogens is 1. The highest BCUT2D eigenvalue weighted by Gasteiger charge is 2.08. The Balaban J connectivity index is 1.90. The van der Waals surface area contributed by atoms with Gasteiger partial charge in [-0.15, -0.1) is 0 Å². The fourth-order valence-corrected chi connectivity index (χ4v) is 2.29. The number of aromatic amines is 1. The third-order valence-electron chi connectivity index (χ3n) is 3.29. The number of ether oxygens (including phenoxy) is 1. The number of hydrogen-bond acceptors (Lipinski definition) is 5. The first-order valence-corrected chi connectivity index (χ1v) is 7.66. The van der Waals surface area contributed by atoms with E-state index in [1.54, 1.807) is 24.3 Å². The predicted molar refractivity (Wildman–Crippen MR) is 95.6 cm³/mol. The second-order valence-electron chi connectivity index (χ2n) is 5.04. The summed E-state index contributed by atoms with van der Waals surface area (Å²) in [7, 11) is 1.63. The number of rotatable bonds is 5. The molecule has 0 amide bonds. The molecule has 0 aliphatic carbocycles. The Morgan fingerprint density at radius 1 is 1.33 bits per heavy atom. The Morgan fingerprint density at radius 3 is 2.79 bits per heavy atom. The van der Waals surface area contributed by atoms with Crippen molar-refractivity contribution in [2.45, 2.75) is 6.92 Å². The van der Waals surface area contributed by atoms with Crippen LogP contribution in [0.5, 0.6) is 5.75 Å². The van der Waals surface area contributed by atoms with Crippen molar-refractivity contribution in [2.24, 2.45) is 5.10 Å². The predicted octanol–water partition coefficient (Wildman–Crippen LogP) is 4.15. The topological polar surface area (TPSA) is 68.3 Å². The first-order valence-electron chi connectivity index (χ1n) is 7.25. The van der Waals surface area contributed by atoms with Crippen molar-refractivity contribution in [2.75, 3.05) is 7.11 Å². The van der Waals surface area contributed by atoms with E-state index in [4.69, 9.17) is 21.4 Å². The smallest absolute Gasteiger partial charge is 0.216 e. The van der Waals surface area contributed by atoms with E-state index in [9.17, 15) is 0 Å². The monoisotopic (exact) mass is 340 g/mol. The zero-order valence-corrected chi connectivity index (χ0v) is 14.1. The van der Waals surface area contributed by atoms with E-state index in [1.807, 2.05) is 49.4 Å². The fraction of sp³-hybridized carbons (Fsp3) is 0.118. The lowest BCUT2D eigenvalue weighted by molar-refractivity contribution is 0.415. The van der Waals surface area contributed by atoms with E-state index in [0.29, 0.717) is 10.6 Å². The van der Waals surface area contributed by atoms with E-state index in [0.717, 1.165) is 22.6 Å². The van der Waals surface area contributed by atoms with Crippen LogP contribution in [-0.4, -0.2) is 28.2 Å². The molecule has 1 N–H and O–H groups in total. The maximum absolute atomic E-state index is 5.28. The summed E-state index contributed by atoms with van der Waals surface area (Å²) >= 11 is 5.26. The molecule has 0 fully saturated rings. The van der Waals surface area contributed by atoms with Gasteiger partial charge >= 0.3 is 0 Å². The molecule has 1 aromatic carbocycles. The van der Waals surface area contributed by atoms with Crippen molar-refractivity contribution in [1.82, 2.24) is 14.9 Å². The molecule has 0 atom stereocenters. The van der Waals surface area contributed by atoms with Crippen molar-refractivity contribution >= 4 is 24.5 Å². The molecule has 0 aliphatic heterocycles. The molecule has 3 rings (SSSR count). The standard InChI is InChI=1S/C17H16N4O2S/c1-12(10-15-4-3-9-23-15)11-18-21-16(19-20-17(21)24)13-5-7-14(22-2)8-6-13/h3-11H,1-2H3,(H,20,24)/b12-10+,18-11+. The maximum atomic E-state index is 5.28. The first-order chi connectivity index (χ1) is 11.7. The summed E-state index contributed by atoms with van der Waals surface area (Å²) in [6.07, 6.45) is 5.23. The highest BCUT2D eigenvalue weighted by atomic mass is 32.1. The summed E-state index contributed by atoms with van der Waals surface area (Å²) in [5.41, 5.74) is 1.81. The molecule has 0 aliphatic rings. The Bertz CT molecular complexity index is 918. The highest BCUT2D eigenvalue weighted by Crippen LogP contribution is 2.20. The number of benzene rings is 1. The summed E-state index contributed by atoms with van der Waals surface area (Å²) in [4.78, 5) is 0.